The van der Waals surface area contributed by atoms with Crippen LogP contribution in [-0.4, -0.2) is 0 Å². The van der Waals surface area contributed by atoms with Gasteiger partial charge in [-0.15, -0.1) is 11.3 Å². The van der Waals surface area contributed by atoms with E-state index in [0.29, 0.717) is 0 Å². The zero-order valence-electron chi connectivity index (χ0n) is 8.76. The van der Waals surface area contributed by atoms with Crippen LogP contribution in [0.2, 0.25) is 0 Å². The third-order valence-corrected chi connectivity index (χ3v) is 4.63. The van der Waals surface area contributed by atoms with Gasteiger partial charge in [-0.3, -0.25) is 0 Å². The Morgan fingerprint density at radius 1 is 1.38 bits per heavy atom. The highest BCUT2D eigenvalue weighted by molar-refractivity contribution is 14.1. The van der Waals surface area contributed by atoms with Crippen LogP contribution in [0.5, 0.6) is 0 Å². The number of halogens is 2. The van der Waals surface area contributed by atoms with Crippen LogP contribution in [0.1, 0.15) is 10.4 Å². The molecule has 0 radical (unpaired) electrons. The van der Waals surface area contributed by atoms with Crippen molar-refractivity contribution in [3.63, 3.8) is 0 Å². The second-order valence-corrected chi connectivity index (χ2v) is 6.70. The molecule has 2 aromatic rings. The molecule has 84 valence electrons. The van der Waals surface area contributed by atoms with E-state index in [9.17, 15) is 0 Å². The van der Waals surface area contributed by atoms with Gasteiger partial charge in [0, 0.05) is 30.5 Å². The van der Waals surface area contributed by atoms with E-state index in [1.807, 2.05) is 0 Å². The lowest BCUT2D eigenvalue weighted by Gasteiger charge is -2.08. The number of aryl methyl sites for hydroxylation is 1. The van der Waals surface area contributed by atoms with E-state index in [1.165, 1.54) is 19.7 Å². The molecule has 0 aliphatic rings. The number of rotatable bonds is 3. The molecule has 4 heteroatoms. The molecule has 0 aliphatic heterocycles. The van der Waals surface area contributed by atoms with Gasteiger partial charge in [0.1, 0.15) is 0 Å². The highest BCUT2D eigenvalue weighted by Gasteiger charge is 2.00. The standard InChI is InChI=1S/C12H11BrINS/c1-8-4-10(14)2-3-12(8)15-6-11-5-9(13)7-16-11/h2-5,7,15H,6H2,1H3. The Morgan fingerprint density at radius 2 is 2.19 bits per heavy atom. The first kappa shape index (κ1) is 12.4. The summed E-state index contributed by atoms with van der Waals surface area (Å²) in [4.78, 5) is 1.34. The largest absolute Gasteiger partial charge is 0.380 e. The number of hydrogen-bond donors (Lipinski definition) is 1. The van der Waals surface area contributed by atoms with Crippen LogP contribution in [0.15, 0.2) is 34.1 Å². The first-order valence-corrected chi connectivity index (χ1v) is 7.63. The van der Waals surface area contributed by atoms with E-state index in [1.54, 1.807) is 11.3 Å². The molecule has 0 aliphatic carbocycles. The Morgan fingerprint density at radius 3 is 2.81 bits per heavy atom. The molecule has 0 amide bonds. The van der Waals surface area contributed by atoms with Gasteiger partial charge in [0.05, 0.1) is 0 Å². The third kappa shape index (κ3) is 3.21. The number of benzene rings is 1. The molecule has 1 nitrogen and oxygen atoms in total. The number of nitrogens with one attached hydrogen (secondary N) is 1. The Hall–Kier alpha value is -0.0700. The van der Waals surface area contributed by atoms with E-state index >= 15 is 0 Å². The van der Waals surface area contributed by atoms with Crippen molar-refractivity contribution in [2.75, 3.05) is 5.32 Å². The van der Waals surface area contributed by atoms with E-state index in [2.05, 4.69) is 80.4 Å². The molecule has 1 heterocycles. The second kappa shape index (κ2) is 5.51. The molecule has 16 heavy (non-hydrogen) atoms. The van der Waals surface area contributed by atoms with E-state index < -0.39 is 0 Å². The molecule has 0 atom stereocenters. The van der Waals surface area contributed by atoms with Crippen LogP contribution in [-0.2, 0) is 6.54 Å². The Bertz CT molecular complexity index is 496. The second-order valence-electron chi connectivity index (χ2n) is 3.54. The number of thiophene rings is 1. The zero-order valence-corrected chi connectivity index (χ0v) is 13.3. The summed E-state index contributed by atoms with van der Waals surface area (Å²) in [5.41, 5.74) is 2.51. The summed E-state index contributed by atoms with van der Waals surface area (Å²) in [6, 6.07) is 8.60. The van der Waals surface area contributed by atoms with Crippen molar-refractivity contribution in [3.05, 3.63) is 48.1 Å². The van der Waals surface area contributed by atoms with Crippen molar-refractivity contribution in [3.8, 4) is 0 Å². The molecule has 1 aromatic carbocycles. The first-order valence-electron chi connectivity index (χ1n) is 4.88. The third-order valence-electron chi connectivity index (χ3n) is 2.26. The molecular weight excluding hydrogens is 397 g/mol. The smallest absolute Gasteiger partial charge is 0.0494 e. The normalized spacial score (nSPS) is 10.4. The summed E-state index contributed by atoms with van der Waals surface area (Å²) in [5.74, 6) is 0. The minimum Gasteiger partial charge on any atom is -0.380 e. The molecule has 0 spiro atoms. The molecule has 2 rings (SSSR count). The number of anilines is 1. The maximum atomic E-state index is 3.46. The van der Waals surface area contributed by atoms with Gasteiger partial charge >= 0.3 is 0 Å². The summed E-state index contributed by atoms with van der Waals surface area (Å²) in [5, 5.41) is 5.56. The maximum absolute atomic E-state index is 3.46. The fourth-order valence-electron chi connectivity index (χ4n) is 1.45. The van der Waals surface area contributed by atoms with Crippen molar-refractivity contribution < 1.29 is 0 Å². The fourth-order valence-corrected chi connectivity index (χ4v) is 3.49. The average molecular weight is 408 g/mol. The zero-order chi connectivity index (χ0) is 11.5. The predicted molar refractivity (Wildman–Crippen MR) is 83.2 cm³/mol. The molecule has 0 fully saturated rings. The maximum Gasteiger partial charge on any atom is 0.0494 e. The van der Waals surface area contributed by atoms with Gasteiger partial charge < -0.3 is 5.32 Å². The van der Waals surface area contributed by atoms with Crippen LogP contribution in [0.25, 0.3) is 0 Å². The predicted octanol–water partition coefficient (Wildman–Crippen LogP) is 5.04. The van der Waals surface area contributed by atoms with Gasteiger partial charge in [-0.2, -0.15) is 0 Å². The SMILES string of the molecule is Cc1cc(I)ccc1NCc1cc(Br)cs1. The fraction of sp³-hybridized carbons (Fsp3) is 0.167. The van der Waals surface area contributed by atoms with Crippen LogP contribution in [0.3, 0.4) is 0 Å². The molecule has 0 unspecified atom stereocenters. The molecule has 0 bridgehead atoms. The Kier molecular flexibility index (Phi) is 4.27. The van der Waals surface area contributed by atoms with Gasteiger partial charge in [0.15, 0.2) is 0 Å². The van der Waals surface area contributed by atoms with Gasteiger partial charge in [-0.1, -0.05) is 0 Å². The summed E-state index contributed by atoms with van der Waals surface area (Å²) in [6.45, 7) is 3.02. The quantitative estimate of drug-likeness (QED) is 0.703. The van der Waals surface area contributed by atoms with E-state index in [-0.39, 0.29) is 0 Å². The Balaban J connectivity index is 2.04. The van der Waals surface area contributed by atoms with Gasteiger partial charge in [-0.05, 0) is 75.3 Å². The lowest BCUT2D eigenvalue weighted by molar-refractivity contribution is 1.18. The van der Waals surface area contributed by atoms with Gasteiger partial charge in [-0.25, -0.2) is 0 Å². The molecule has 1 aromatic heterocycles. The number of hydrogen-bond acceptors (Lipinski definition) is 2. The van der Waals surface area contributed by atoms with Crippen LogP contribution in [0, 0.1) is 10.5 Å². The monoisotopic (exact) mass is 407 g/mol. The minimum absolute atomic E-state index is 0.887. The van der Waals surface area contributed by atoms with Gasteiger partial charge in [0.2, 0.25) is 0 Å². The van der Waals surface area contributed by atoms with Crippen LogP contribution in [0.4, 0.5) is 5.69 Å². The molecule has 1 N–H and O–H groups in total. The lowest BCUT2D eigenvalue weighted by atomic mass is 10.2. The average Bonchev–Trinajstić information content (AvgIpc) is 2.63. The Labute approximate surface area is 122 Å². The van der Waals surface area contributed by atoms with E-state index in [0.717, 1.165) is 11.0 Å². The minimum atomic E-state index is 0.887. The van der Waals surface area contributed by atoms with E-state index in [4.69, 9.17) is 0 Å². The van der Waals surface area contributed by atoms with Crippen molar-refractivity contribution in [2.24, 2.45) is 0 Å². The van der Waals surface area contributed by atoms with Crippen LogP contribution < -0.4 is 5.32 Å². The van der Waals surface area contributed by atoms with Crippen molar-refractivity contribution >= 4 is 55.5 Å². The lowest BCUT2D eigenvalue weighted by Crippen LogP contribution is -1.99. The highest BCUT2D eigenvalue weighted by Crippen LogP contribution is 2.22. The first-order chi connectivity index (χ1) is 7.65. The van der Waals surface area contributed by atoms with Crippen molar-refractivity contribution in [2.45, 2.75) is 13.5 Å². The highest BCUT2D eigenvalue weighted by atomic mass is 127. The summed E-state index contributed by atoms with van der Waals surface area (Å²) >= 11 is 7.56. The summed E-state index contributed by atoms with van der Waals surface area (Å²) in [6.07, 6.45) is 0. The van der Waals surface area contributed by atoms with Crippen molar-refractivity contribution in [1.82, 2.24) is 0 Å². The van der Waals surface area contributed by atoms with Gasteiger partial charge in [0.25, 0.3) is 0 Å². The van der Waals surface area contributed by atoms with Crippen LogP contribution >= 0.6 is 49.9 Å². The summed E-state index contributed by atoms with van der Waals surface area (Å²) in [7, 11) is 0. The summed E-state index contributed by atoms with van der Waals surface area (Å²) < 4.78 is 2.44. The molecule has 0 saturated heterocycles. The topological polar surface area (TPSA) is 12.0 Å². The molecular formula is C12H11BrINS. The molecule has 0 saturated carbocycles. The van der Waals surface area contributed by atoms with Crippen molar-refractivity contribution in [1.29, 1.82) is 0 Å².